The predicted molar refractivity (Wildman–Crippen MR) is 89.6 cm³/mol. The van der Waals surface area contributed by atoms with Crippen LogP contribution in [0.4, 0.5) is 0 Å². The number of carbonyl (C=O) groups is 1. The molecule has 2 aromatic rings. The van der Waals surface area contributed by atoms with Crippen molar-refractivity contribution in [3.8, 4) is 5.69 Å². The molecule has 0 spiro atoms. The van der Waals surface area contributed by atoms with Crippen LogP contribution in [0.1, 0.15) is 38.2 Å². The van der Waals surface area contributed by atoms with E-state index in [-0.39, 0.29) is 11.2 Å². The maximum atomic E-state index is 12.3. The van der Waals surface area contributed by atoms with Gasteiger partial charge in [0.15, 0.2) is 0 Å². The van der Waals surface area contributed by atoms with Crippen molar-refractivity contribution in [1.82, 2.24) is 25.5 Å². The summed E-state index contributed by atoms with van der Waals surface area (Å²) in [6, 6.07) is 8.31. The van der Waals surface area contributed by atoms with Gasteiger partial charge in [-0.3, -0.25) is 4.79 Å². The number of carbonyl (C=O) groups excluding carboxylic acids is 1. The monoisotopic (exact) mass is 331 g/mol. The average molecular weight is 331 g/mol. The van der Waals surface area contributed by atoms with E-state index in [4.69, 9.17) is 0 Å². The van der Waals surface area contributed by atoms with E-state index >= 15 is 0 Å². The molecular formula is C16H21N5OS. The standard InChI is InChI=1S/C16H21N5OS/c1-11-7-9-14(10-8-11)21-16(18-19-20-21)23-12(2)15(22)17-13-5-3-4-6-13/h7-10,12-13H,3-6H2,1-2H3,(H,17,22)/t12-/m0/s1. The summed E-state index contributed by atoms with van der Waals surface area (Å²) in [6.07, 6.45) is 4.59. The minimum Gasteiger partial charge on any atom is -0.352 e. The lowest BCUT2D eigenvalue weighted by atomic mass is 10.2. The summed E-state index contributed by atoms with van der Waals surface area (Å²) in [6.45, 7) is 3.93. The number of rotatable bonds is 5. The van der Waals surface area contributed by atoms with Crippen LogP contribution in [0.3, 0.4) is 0 Å². The Hall–Kier alpha value is -1.89. The highest BCUT2D eigenvalue weighted by Gasteiger charge is 2.23. The van der Waals surface area contributed by atoms with Crippen LogP contribution in [0, 0.1) is 6.92 Å². The minimum atomic E-state index is -0.231. The van der Waals surface area contributed by atoms with Gasteiger partial charge in [0.05, 0.1) is 10.9 Å². The lowest BCUT2D eigenvalue weighted by Gasteiger charge is -2.16. The second-order valence-electron chi connectivity index (χ2n) is 5.96. The van der Waals surface area contributed by atoms with Gasteiger partial charge < -0.3 is 5.32 Å². The zero-order chi connectivity index (χ0) is 16.2. The maximum absolute atomic E-state index is 12.3. The molecule has 0 saturated heterocycles. The zero-order valence-corrected chi connectivity index (χ0v) is 14.2. The van der Waals surface area contributed by atoms with E-state index in [1.807, 2.05) is 38.1 Å². The summed E-state index contributed by atoms with van der Waals surface area (Å²) < 4.78 is 1.67. The third-order valence-electron chi connectivity index (χ3n) is 4.07. The summed E-state index contributed by atoms with van der Waals surface area (Å²) >= 11 is 1.38. The number of aryl methyl sites for hydroxylation is 1. The van der Waals surface area contributed by atoms with E-state index in [1.165, 1.54) is 30.2 Å². The Kier molecular flexibility index (Phi) is 4.95. The van der Waals surface area contributed by atoms with E-state index < -0.39 is 0 Å². The van der Waals surface area contributed by atoms with Gasteiger partial charge in [0.25, 0.3) is 0 Å². The molecule has 0 aliphatic heterocycles. The van der Waals surface area contributed by atoms with Gasteiger partial charge in [-0.05, 0) is 49.2 Å². The number of benzene rings is 1. The fraction of sp³-hybridized carbons (Fsp3) is 0.500. The molecule has 6 nitrogen and oxygen atoms in total. The maximum Gasteiger partial charge on any atom is 0.233 e. The molecule has 1 amide bonds. The third-order valence-corrected chi connectivity index (χ3v) is 5.11. The third kappa shape index (κ3) is 3.90. The van der Waals surface area contributed by atoms with E-state index in [2.05, 4.69) is 20.8 Å². The van der Waals surface area contributed by atoms with Crippen molar-refractivity contribution in [3.05, 3.63) is 29.8 Å². The van der Waals surface area contributed by atoms with E-state index in [0.29, 0.717) is 11.2 Å². The van der Waals surface area contributed by atoms with Gasteiger partial charge in [-0.15, -0.1) is 5.10 Å². The molecule has 1 saturated carbocycles. The Morgan fingerprint density at radius 3 is 2.70 bits per heavy atom. The van der Waals surface area contributed by atoms with Gasteiger partial charge in [0.2, 0.25) is 11.1 Å². The fourth-order valence-electron chi connectivity index (χ4n) is 2.70. The fourth-order valence-corrected chi connectivity index (χ4v) is 3.52. The molecule has 122 valence electrons. The highest BCUT2D eigenvalue weighted by atomic mass is 32.2. The highest BCUT2D eigenvalue weighted by Crippen LogP contribution is 2.24. The Bertz CT molecular complexity index is 663. The molecule has 1 N–H and O–H groups in total. The largest absolute Gasteiger partial charge is 0.352 e. The lowest BCUT2D eigenvalue weighted by molar-refractivity contribution is -0.120. The summed E-state index contributed by atoms with van der Waals surface area (Å²) in [7, 11) is 0. The molecule has 3 rings (SSSR count). The molecule has 1 atom stereocenters. The molecule has 1 heterocycles. The first-order valence-electron chi connectivity index (χ1n) is 7.96. The first-order chi connectivity index (χ1) is 11.1. The summed E-state index contributed by atoms with van der Waals surface area (Å²) in [5.41, 5.74) is 2.08. The first kappa shape index (κ1) is 16.0. The van der Waals surface area contributed by atoms with Crippen molar-refractivity contribution in [3.63, 3.8) is 0 Å². The van der Waals surface area contributed by atoms with E-state index in [9.17, 15) is 4.79 Å². The number of nitrogens with one attached hydrogen (secondary N) is 1. The van der Waals surface area contributed by atoms with Crippen molar-refractivity contribution in [1.29, 1.82) is 0 Å². The Labute approximate surface area is 140 Å². The molecule has 0 unspecified atom stereocenters. The van der Waals surface area contributed by atoms with Crippen molar-refractivity contribution < 1.29 is 4.79 Å². The Morgan fingerprint density at radius 2 is 2.00 bits per heavy atom. The summed E-state index contributed by atoms with van der Waals surface area (Å²) in [4.78, 5) is 12.3. The molecule has 1 aromatic carbocycles. The molecular weight excluding hydrogens is 310 g/mol. The number of hydrogen-bond acceptors (Lipinski definition) is 5. The van der Waals surface area contributed by atoms with Crippen molar-refractivity contribution in [2.45, 2.75) is 56.0 Å². The van der Waals surface area contributed by atoms with Crippen LogP contribution in [-0.4, -0.2) is 37.4 Å². The number of aromatic nitrogens is 4. The second kappa shape index (κ2) is 7.12. The Balaban J connectivity index is 1.67. The van der Waals surface area contributed by atoms with Crippen molar-refractivity contribution >= 4 is 17.7 Å². The van der Waals surface area contributed by atoms with Gasteiger partial charge in [0, 0.05) is 6.04 Å². The average Bonchev–Trinajstić information content (AvgIpc) is 3.20. The quantitative estimate of drug-likeness (QED) is 0.852. The number of hydrogen-bond donors (Lipinski definition) is 1. The molecule has 7 heteroatoms. The second-order valence-corrected chi connectivity index (χ2v) is 7.27. The number of nitrogens with zero attached hydrogens (tertiary/aromatic N) is 4. The van der Waals surface area contributed by atoms with E-state index in [1.54, 1.807) is 4.68 Å². The summed E-state index contributed by atoms with van der Waals surface area (Å²) in [5, 5.41) is 15.4. The topological polar surface area (TPSA) is 72.7 Å². The van der Waals surface area contributed by atoms with Gasteiger partial charge >= 0.3 is 0 Å². The van der Waals surface area contributed by atoms with Crippen LogP contribution in [0.2, 0.25) is 0 Å². The van der Waals surface area contributed by atoms with Crippen LogP contribution in [0.25, 0.3) is 5.69 Å². The molecule has 0 radical (unpaired) electrons. The van der Waals surface area contributed by atoms with Gasteiger partial charge in [-0.25, -0.2) is 0 Å². The van der Waals surface area contributed by atoms with Crippen molar-refractivity contribution in [2.75, 3.05) is 0 Å². The number of amides is 1. The summed E-state index contributed by atoms with van der Waals surface area (Å²) in [5.74, 6) is 0.0559. The first-order valence-corrected chi connectivity index (χ1v) is 8.84. The van der Waals surface area contributed by atoms with Crippen LogP contribution in [0.15, 0.2) is 29.4 Å². The predicted octanol–water partition coefficient (Wildman–Crippen LogP) is 2.51. The molecule has 23 heavy (non-hydrogen) atoms. The van der Waals surface area contributed by atoms with Gasteiger partial charge in [0.1, 0.15) is 0 Å². The highest BCUT2D eigenvalue weighted by molar-refractivity contribution is 8.00. The van der Waals surface area contributed by atoms with Crippen LogP contribution >= 0.6 is 11.8 Å². The lowest BCUT2D eigenvalue weighted by Crippen LogP contribution is -2.37. The Morgan fingerprint density at radius 1 is 1.30 bits per heavy atom. The van der Waals surface area contributed by atoms with Crippen molar-refractivity contribution in [2.24, 2.45) is 0 Å². The van der Waals surface area contributed by atoms with Crippen LogP contribution < -0.4 is 5.32 Å². The molecule has 1 aromatic heterocycles. The van der Waals surface area contributed by atoms with Gasteiger partial charge in [-0.2, -0.15) is 4.68 Å². The SMILES string of the molecule is Cc1ccc(-n2nnnc2S[C@@H](C)C(=O)NC2CCCC2)cc1. The van der Waals surface area contributed by atoms with Gasteiger partial charge in [-0.1, -0.05) is 42.3 Å². The van der Waals surface area contributed by atoms with E-state index in [0.717, 1.165) is 18.5 Å². The number of tetrazole rings is 1. The molecule has 0 bridgehead atoms. The minimum absolute atomic E-state index is 0.0559. The van der Waals surface area contributed by atoms with Crippen LogP contribution in [0.5, 0.6) is 0 Å². The smallest absolute Gasteiger partial charge is 0.233 e. The molecule has 1 aliphatic rings. The molecule has 1 fully saturated rings. The zero-order valence-electron chi connectivity index (χ0n) is 13.4. The van der Waals surface area contributed by atoms with Crippen LogP contribution in [-0.2, 0) is 4.79 Å². The molecule has 1 aliphatic carbocycles. The number of thioether (sulfide) groups is 1. The normalized spacial score (nSPS) is 16.4.